The molecule has 2 atom stereocenters. The van der Waals surface area contributed by atoms with Crippen molar-refractivity contribution in [2.24, 2.45) is 0 Å². The van der Waals surface area contributed by atoms with Crippen molar-refractivity contribution in [3.8, 4) is 0 Å². The number of ether oxygens (including phenoxy) is 1. The second kappa shape index (κ2) is 7.17. The number of rotatable bonds is 4. The molecule has 0 unspecified atom stereocenters. The molecule has 23 heavy (non-hydrogen) atoms. The van der Waals surface area contributed by atoms with Crippen LogP contribution >= 0.6 is 23.4 Å². The molecule has 2 N–H and O–H groups in total. The highest BCUT2D eigenvalue weighted by atomic mass is 35.5. The minimum absolute atomic E-state index is 0.0788. The fourth-order valence-electron chi connectivity index (χ4n) is 2.39. The molecule has 1 aliphatic heterocycles. The summed E-state index contributed by atoms with van der Waals surface area (Å²) in [6, 6.07) is -1.01. The van der Waals surface area contributed by atoms with Crippen LogP contribution in [0.5, 0.6) is 0 Å². The van der Waals surface area contributed by atoms with Gasteiger partial charge in [-0.3, -0.25) is 4.79 Å². The van der Waals surface area contributed by atoms with Crippen LogP contribution in [0.25, 0.3) is 0 Å². The summed E-state index contributed by atoms with van der Waals surface area (Å²) in [7, 11) is 0. The standard InChI is InChI=1S/C14H23ClN2O5S/c1-13(2,3)22-12(21)16-7-9-17(8(18)6-15)10(11(19)20)14(4,5)23-9/h9-10H,6-7H2,1-5H3,(H,16,21)(H,19,20)/t9-,10-/m0/s1. The van der Waals surface area contributed by atoms with Gasteiger partial charge >= 0.3 is 12.1 Å². The molecule has 132 valence electrons. The van der Waals surface area contributed by atoms with Gasteiger partial charge in [0.05, 0.1) is 11.9 Å². The number of halogens is 1. The third-order valence-electron chi connectivity index (χ3n) is 3.14. The molecular weight excluding hydrogens is 344 g/mol. The number of nitrogens with zero attached hydrogens (tertiary/aromatic N) is 1. The van der Waals surface area contributed by atoms with Gasteiger partial charge in [0.25, 0.3) is 0 Å². The molecule has 2 amide bonds. The minimum atomic E-state index is -1.10. The van der Waals surface area contributed by atoms with Gasteiger partial charge in [-0.05, 0) is 34.6 Å². The first-order valence-corrected chi connectivity index (χ1v) is 8.55. The van der Waals surface area contributed by atoms with Crippen molar-refractivity contribution >= 4 is 41.3 Å². The maximum Gasteiger partial charge on any atom is 0.407 e. The molecule has 1 aliphatic rings. The maximum absolute atomic E-state index is 12.1. The number of thioether (sulfide) groups is 1. The van der Waals surface area contributed by atoms with E-state index in [4.69, 9.17) is 16.3 Å². The van der Waals surface area contributed by atoms with Crippen molar-refractivity contribution in [3.63, 3.8) is 0 Å². The molecule has 0 aromatic heterocycles. The second-order valence-corrected chi connectivity index (χ2v) is 8.83. The Labute approximate surface area is 145 Å². The van der Waals surface area contributed by atoms with E-state index in [2.05, 4.69) is 5.32 Å². The summed E-state index contributed by atoms with van der Waals surface area (Å²) in [5.74, 6) is -1.89. The van der Waals surface area contributed by atoms with Gasteiger partial charge in [0, 0.05) is 4.75 Å². The highest BCUT2D eigenvalue weighted by Crippen LogP contribution is 2.44. The van der Waals surface area contributed by atoms with Gasteiger partial charge in [-0.15, -0.1) is 23.4 Å². The fourth-order valence-corrected chi connectivity index (χ4v) is 4.09. The van der Waals surface area contributed by atoms with E-state index < -0.39 is 39.7 Å². The summed E-state index contributed by atoms with van der Waals surface area (Å²) in [6.07, 6.45) is -0.618. The molecule has 0 aromatic carbocycles. The zero-order chi connectivity index (χ0) is 18.0. The van der Waals surface area contributed by atoms with Gasteiger partial charge in [0.2, 0.25) is 5.91 Å². The Morgan fingerprint density at radius 1 is 1.35 bits per heavy atom. The molecule has 9 heteroatoms. The van der Waals surface area contributed by atoms with Crippen LogP contribution in [-0.4, -0.2) is 62.2 Å². The molecule has 1 heterocycles. The third kappa shape index (κ3) is 5.17. The predicted octanol–water partition coefficient (Wildman–Crippen LogP) is 1.88. The topological polar surface area (TPSA) is 95.9 Å². The quantitative estimate of drug-likeness (QED) is 0.737. The first-order chi connectivity index (χ1) is 10.4. The summed E-state index contributed by atoms with van der Waals surface area (Å²) < 4.78 is 4.44. The molecule has 7 nitrogen and oxygen atoms in total. The Hall–Kier alpha value is -1.15. The predicted molar refractivity (Wildman–Crippen MR) is 88.7 cm³/mol. The number of nitrogens with one attached hydrogen (secondary N) is 1. The molecule has 1 saturated heterocycles. The lowest BCUT2D eigenvalue weighted by atomic mass is 10.0. The lowest BCUT2D eigenvalue weighted by Crippen LogP contribution is -2.53. The number of carbonyl (C=O) groups is 3. The van der Waals surface area contributed by atoms with Crippen LogP contribution in [0.15, 0.2) is 0 Å². The lowest BCUT2D eigenvalue weighted by molar-refractivity contribution is -0.150. The fraction of sp³-hybridized carbons (Fsp3) is 0.786. The van der Waals surface area contributed by atoms with E-state index >= 15 is 0 Å². The van der Waals surface area contributed by atoms with Gasteiger partial charge in [0.1, 0.15) is 17.5 Å². The Kier molecular flexibility index (Phi) is 6.20. The van der Waals surface area contributed by atoms with Gasteiger partial charge in [-0.2, -0.15) is 0 Å². The van der Waals surface area contributed by atoms with E-state index in [1.807, 2.05) is 0 Å². The molecule has 0 spiro atoms. The number of hydrogen-bond donors (Lipinski definition) is 2. The largest absolute Gasteiger partial charge is 0.480 e. The average molecular weight is 367 g/mol. The van der Waals surface area contributed by atoms with E-state index in [0.29, 0.717) is 0 Å². The van der Waals surface area contributed by atoms with E-state index in [-0.39, 0.29) is 12.4 Å². The number of carboxylic acid groups (broad SMARTS) is 1. The van der Waals surface area contributed by atoms with E-state index in [9.17, 15) is 19.5 Å². The maximum atomic E-state index is 12.1. The van der Waals surface area contributed by atoms with Crippen LogP contribution in [0.3, 0.4) is 0 Å². The van der Waals surface area contributed by atoms with Crippen LogP contribution < -0.4 is 5.32 Å². The Balaban J connectivity index is 2.86. The number of carbonyl (C=O) groups excluding carboxylic acids is 2. The average Bonchev–Trinajstić information content (AvgIpc) is 2.64. The Morgan fingerprint density at radius 2 is 1.91 bits per heavy atom. The number of alkyl halides is 1. The molecule has 0 aromatic rings. The van der Waals surface area contributed by atoms with Gasteiger partial charge in [-0.1, -0.05) is 0 Å². The van der Waals surface area contributed by atoms with Crippen molar-refractivity contribution in [3.05, 3.63) is 0 Å². The number of aliphatic carboxylic acids is 1. The van der Waals surface area contributed by atoms with Crippen LogP contribution in [0.4, 0.5) is 4.79 Å². The van der Waals surface area contributed by atoms with Crippen LogP contribution in [-0.2, 0) is 14.3 Å². The first-order valence-electron chi connectivity index (χ1n) is 7.13. The smallest absolute Gasteiger partial charge is 0.407 e. The molecule has 0 bridgehead atoms. The van der Waals surface area contributed by atoms with E-state index in [1.165, 1.54) is 16.7 Å². The molecule has 1 fully saturated rings. The Bertz CT molecular complexity index is 492. The summed E-state index contributed by atoms with van der Waals surface area (Å²) in [5.41, 5.74) is -0.637. The van der Waals surface area contributed by atoms with Crippen molar-refractivity contribution in [2.45, 2.75) is 56.4 Å². The summed E-state index contributed by atoms with van der Waals surface area (Å²) >= 11 is 6.92. The van der Waals surface area contributed by atoms with E-state index in [0.717, 1.165) is 0 Å². The highest BCUT2D eigenvalue weighted by molar-refractivity contribution is 8.01. The summed E-state index contributed by atoms with van der Waals surface area (Å²) in [6.45, 7) is 8.80. The van der Waals surface area contributed by atoms with Gasteiger partial charge < -0.3 is 20.1 Å². The zero-order valence-corrected chi connectivity index (χ0v) is 15.5. The SMILES string of the molecule is CC(C)(C)OC(=O)NC[C@@H]1SC(C)(C)[C@H](C(=O)O)N1C(=O)CCl. The molecule has 0 saturated carbocycles. The Morgan fingerprint density at radius 3 is 2.35 bits per heavy atom. The van der Waals surface area contributed by atoms with Gasteiger partial charge in [0.15, 0.2) is 0 Å². The summed E-state index contributed by atoms with van der Waals surface area (Å²) in [4.78, 5) is 36.6. The van der Waals surface area contributed by atoms with Crippen LogP contribution in [0.1, 0.15) is 34.6 Å². The molecule has 0 aliphatic carbocycles. The molecular formula is C14H23ClN2O5S. The number of hydrogen-bond acceptors (Lipinski definition) is 5. The zero-order valence-electron chi connectivity index (χ0n) is 13.9. The van der Waals surface area contributed by atoms with Gasteiger partial charge in [-0.25, -0.2) is 9.59 Å². The lowest BCUT2D eigenvalue weighted by Gasteiger charge is -2.29. The first kappa shape index (κ1) is 19.9. The van der Waals surface area contributed by atoms with Crippen LogP contribution in [0, 0.1) is 0 Å². The monoisotopic (exact) mass is 366 g/mol. The molecule has 1 rings (SSSR count). The normalized spacial score (nSPS) is 23.5. The third-order valence-corrected chi connectivity index (χ3v) is 4.87. The van der Waals surface area contributed by atoms with Crippen molar-refractivity contribution in [1.82, 2.24) is 10.2 Å². The minimum Gasteiger partial charge on any atom is -0.480 e. The van der Waals surface area contributed by atoms with Crippen LogP contribution in [0.2, 0.25) is 0 Å². The van der Waals surface area contributed by atoms with E-state index in [1.54, 1.807) is 34.6 Å². The van der Waals surface area contributed by atoms with Crippen molar-refractivity contribution in [1.29, 1.82) is 0 Å². The highest BCUT2D eigenvalue weighted by Gasteiger charge is 2.53. The number of alkyl carbamates (subject to hydrolysis) is 1. The second-order valence-electron chi connectivity index (χ2n) is 6.73. The summed E-state index contributed by atoms with van der Waals surface area (Å²) in [5, 5.41) is 11.5. The number of amides is 2. The van der Waals surface area contributed by atoms with Crippen molar-refractivity contribution in [2.75, 3.05) is 12.4 Å². The molecule has 0 radical (unpaired) electrons. The van der Waals surface area contributed by atoms with Crippen molar-refractivity contribution < 1.29 is 24.2 Å². The number of carboxylic acids is 1.